The maximum atomic E-state index is 12.8. The lowest BCUT2D eigenvalue weighted by molar-refractivity contribution is -0.0262. The van der Waals surface area contributed by atoms with E-state index in [4.69, 9.17) is 34.0 Å². The number of hydrogen-bond donors (Lipinski definition) is 5. The molecule has 0 radical (unpaired) electrons. The summed E-state index contributed by atoms with van der Waals surface area (Å²) in [5.41, 5.74) is 5.49. The minimum atomic E-state index is -4.79. The number of nitrogen functional groups attached to an aromatic ring is 1. The third-order valence-electron chi connectivity index (χ3n) is 6.41. The Bertz CT molecular complexity index is 1480. The van der Waals surface area contributed by atoms with Crippen LogP contribution >= 0.6 is 15.6 Å². The van der Waals surface area contributed by atoms with Gasteiger partial charge in [-0.1, -0.05) is 0 Å². The Morgan fingerprint density at radius 1 is 1.12 bits per heavy atom. The van der Waals surface area contributed by atoms with Gasteiger partial charge >= 0.3 is 15.6 Å². The van der Waals surface area contributed by atoms with Crippen molar-refractivity contribution in [3.05, 3.63) is 35.3 Å². The first-order chi connectivity index (χ1) is 19.0. The van der Waals surface area contributed by atoms with Crippen molar-refractivity contribution in [2.24, 2.45) is 5.92 Å². The van der Waals surface area contributed by atoms with Crippen LogP contribution in [0.4, 0.5) is 5.95 Å². The molecule has 0 amide bonds. The number of H-pyrrole nitrogens is 1. The first kappa shape index (κ1) is 28.7. The first-order valence-corrected chi connectivity index (χ1v) is 15.1. The molecule has 1 aliphatic heterocycles. The van der Waals surface area contributed by atoms with Crippen molar-refractivity contribution in [2.75, 3.05) is 18.9 Å². The van der Waals surface area contributed by atoms with E-state index in [1.54, 1.807) is 4.57 Å². The average Bonchev–Trinajstić information content (AvgIpc) is 3.60. The largest absolute Gasteiger partial charge is 0.473 e. The zero-order valence-electron chi connectivity index (χ0n) is 20.8. The Balaban J connectivity index is 1.18. The standard InChI is InChI=1S/C20H27N7O11P2/c21-20-25-18-17(19(28)26-20)24-10-27(18)16-2-1-12(37-16)9-35-40(32,33)38-14-6-13(36-15-7-22-3-4-23-15)5-11(14)8-34-39(29,30)31/h3-4,7,10-14,16H,1-2,5-6,8-9H2,(H,32,33)(H2,29,30,31)(H3,21,25,26,28)/t11-,12+,13-,14+,16-/m1/s1. The molecule has 5 rings (SSSR count). The van der Waals surface area contributed by atoms with Gasteiger partial charge in [-0.05, 0) is 19.3 Å². The van der Waals surface area contributed by atoms with Gasteiger partial charge in [-0.2, -0.15) is 4.98 Å². The van der Waals surface area contributed by atoms with Gasteiger partial charge in [0.05, 0.1) is 37.9 Å². The van der Waals surface area contributed by atoms with Crippen LogP contribution in [0.2, 0.25) is 0 Å². The summed E-state index contributed by atoms with van der Waals surface area (Å²) < 4.78 is 52.5. The molecule has 2 aliphatic rings. The molecule has 6 atom stereocenters. The van der Waals surface area contributed by atoms with E-state index in [9.17, 15) is 18.8 Å². The lowest BCUT2D eigenvalue weighted by atomic mass is 10.1. The molecule has 40 heavy (non-hydrogen) atoms. The van der Waals surface area contributed by atoms with Crippen LogP contribution < -0.4 is 16.0 Å². The monoisotopic (exact) mass is 603 g/mol. The number of fused-ring (bicyclic) bond motifs is 1. The summed E-state index contributed by atoms with van der Waals surface area (Å²) in [6.07, 6.45) is 4.25. The predicted octanol–water partition coefficient (Wildman–Crippen LogP) is 0.638. The summed E-state index contributed by atoms with van der Waals surface area (Å²) in [6, 6.07) is 0. The van der Waals surface area contributed by atoms with Crippen molar-refractivity contribution >= 4 is 32.8 Å². The third kappa shape index (κ3) is 7.09. The number of rotatable bonds is 11. The second-order valence-corrected chi connectivity index (χ2v) is 11.9. The highest BCUT2D eigenvalue weighted by Crippen LogP contribution is 2.50. The molecule has 0 spiro atoms. The zero-order chi connectivity index (χ0) is 28.5. The minimum Gasteiger partial charge on any atom is -0.473 e. The highest BCUT2D eigenvalue weighted by Gasteiger charge is 2.42. The van der Waals surface area contributed by atoms with Crippen LogP contribution in [-0.4, -0.2) is 75.7 Å². The molecule has 1 saturated heterocycles. The number of anilines is 1. The van der Waals surface area contributed by atoms with Crippen LogP contribution in [0.3, 0.4) is 0 Å². The average molecular weight is 603 g/mol. The Morgan fingerprint density at radius 2 is 1.95 bits per heavy atom. The van der Waals surface area contributed by atoms with Crippen molar-refractivity contribution in [3.8, 4) is 5.88 Å². The SMILES string of the molecule is Nc1nc2c(ncn2[C@H]2CC[C@@H](COP(=O)(O)O[C@H]3C[C@H](Oc4cnccn4)C[C@@H]3COP(=O)(O)O)O2)c(=O)[nH]1. The zero-order valence-corrected chi connectivity index (χ0v) is 22.5. The fourth-order valence-electron chi connectivity index (χ4n) is 4.69. The maximum absolute atomic E-state index is 12.8. The molecule has 218 valence electrons. The van der Waals surface area contributed by atoms with E-state index < -0.39 is 58.3 Å². The fourth-order valence-corrected chi connectivity index (χ4v) is 6.10. The summed E-state index contributed by atoms with van der Waals surface area (Å²) in [5.74, 6) is -0.549. The van der Waals surface area contributed by atoms with Crippen molar-refractivity contribution in [3.63, 3.8) is 0 Å². The molecular formula is C20H27N7O11P2. The third-order valence-corrected chi connectivity index (χ3v) is 7.91. The van der Waals surface area contributed by atoms with Gasteiger partial charge in [-0.25, -0.2) is 19.1 Å². The summed E-state index contributed by atoms with van der Waals surface area (Å²) >= 11 is 0. The van der Waals surface area contributed by atoms with Crippen LogP contribution in [0.25, 0.3) is 11.2 Å². The molecule has 0 aromatic carbocycles. The number of hydrogen-bond acceptors (Lipinski definition) is 13. The van der Waals surface area contributed by atoms with Gasteiger partial charge in [0.1, 0.15) is 12.3 Å². The van der Waals surface area contributed by atoms with E-state index in [-0.39, 0.29) is 42.4 Å². The fraction of sp³-hybridized carbons (Fsp3) is 0.550. The highest BCUT2D eigenvalue weighted by molar-refractivity contribution is 7.47. The number of aromatic amines is 1. The van der Waals surface area contributed by atoms with Crippen molar-refractivity contribution in [1.29, 1.82) is 0 Å². The van der Waals surface area contributed by atoms with Crippen molar-refractivity contribution in [1.82, 2.24) is 29.5 Å². The van der Waals surface area contributed by atoms with Crippen LogP contribution in [0.5, 0.6) is 5.88 Å². The molecule has 0 bridgehead atoms. The number of ether oxygens (including phenoxy) is 2. The quantitative estimate of drug-likeness (QED) is 0.188. The molecule has 1 aliphatic carbocycles. The van der Waals surface area contributed by atoms with Crippen LogP contribution in [-0.2, 0) is 27.4 Å². The van der Waals surface area contributed by atoms with Crippen LogP contribution in [0, 0.1) is 5.92 Å². The number of aromatic nitrogens is 6. The van der Waals surface area contributed by atoms with Gasteiger partial charge in [0.15, 0.2) is 11.2 Å². The van der Waals surface area contributed by atoms with E-state index >= 15 is 0 Å². The van der Waals surface area contributed by atoms with Gasteiger partial charge in [0.25, 0.3) is 5.56 Å². The lowest BCUT2D eigenvalue weighted by Crippen LogP contribution is -2.23. The van der Waals surface area contributed by atoms with Gasteiger partial charge in [0, 0.05) is 24.7 Å². The Labute approximate surface area is 225 Å². The molecule has 3 aromatic rings. The molecule has 3 aromatic heterocycles. The molecule has 1 unspecified atom stereocenters. The van der Waals surface area contributed by atoms with E-state index in [2.05, 4.69) is 29.4 Å². The predicted molar refractivity (Wildman–Crippen MR) is 134 cm³/mol. The smallest absolute Gasteiger partial charge is 0.472 e. The summed E-state index contributed by atoms with van der Waals surface area (Å²) in [4.78, 5) is 59.1. The molecule has 6 N–H and O–H groups in total. The topological polar surface area (TPSA) is 256 Å². The minimum absolute atomic E-state index is 0.0729. The van der Waals surface area contributed by atoms with Gasteiger partial charge < -0.3 is 29.9 Å². The Kier molecular flexibility index (Phi) is 8.33. The van der Waals surface area contributed by atoms with Gasteiger partial charge in [-0.15, -0.1) is 0 Å². The van der Waals surface area contributed by atoms with E-state index in [1.165, 1.54) is 24.9 Å². The van der Waals surface area contributed by atoms with Crippen LogP contribution in [0.1, 0.15) is 31.9 Å². The molecule has 4 heterocycles. The molecular weight excluding hydrogens is 576 g/mol. The van der Waals surface area contributed by atoms with Crippen LogP contribution in [0.15, 0.2) is 29.7 Å². The van der Waals surface area contributed by atoms with E-state index in [1.807, 2.05) is 0 Å². The summed E-state index contributed by atoms with van der Waals surface area (Å²) in [5, 5.41) is 0. The van der Waals surface area contributed by atoms with Crippen molar-refractivity contribution < 1.29 is 46.9 Å². The Morgan fingerprint density at radius 3 is 2.70 bits per heavy atom. The second-order valence-electron chi connectivity index (χ2n) is 9.27. The Hall–Kier alpha value is -2.79. The lowest BCUT2D eigenvalue weighted by Gasteiger charge is -2.23. The summed E-state index contributed by atoms with van der Waals surface area (Å²) in [6.45, 7) is -0.730. The normalized spacial score (nSPS) is 26.7. The first-order valence-electron chi connectivity index (χ1n) is 12.1. The number of nitrogens with one attached hydrogen (secondary N) is 1. The van der Waals surface area contributed by atoms with Crippen molar-refractivity contribution in [2.45, 2.75) is 50.2 Å². The van der Waals surface area contributed by atoms with Gasteiger partial charge in [0.2, 0.25) is 11.8 Å². The molecule has 18 nitrogen and oxygen atoms in total. The highest BCUT2D eigenvalue weighted by atomic mass is 31.2. The number of imidazole rings is 1. The number of phosphoric acid groups is 2. The summed E-state index contributed by atoms with van der Waals surface area (Å²) in [7, 11) is -9.44. The van der Waals surface area contributed by atoms with E-state index in [0.717, 1.165) is 0 Å². The second kappa shape index (κ2) is 11.6. The molecule has 1 saturated carbocycles. The van der Waals surface area contributed by atoms with E-state index in [0.29, 0.717) is 12.8 Å². The number of phosphoric ester groups is 2. The molecule has 2 fully saturated rings. The number of nitrogens with two attached hydrogens (primary N) is 1. The van der Waals surface area contributed by atoms with Gasteiger partial charge in [-0.3, -0.25) is 32.9 Å². The molecule has 20 heteroatoms. The maximum Gasteiger partial charge on any atom is 0.472 e. The number of nitrogens with zero attached hydrogens (tertiary/aromatic N) is 5.